The zero-order valence-corrected chi connectivity index (χ0v) is 31.3. The molecule has 7 rings (SSSR count). The molecule has 0 fully saturated rings. The average Bonchev–Trinajstić information content (AvgIpc) is 3.73. The van der Waals surface area contributed by atoms with E-state index in [-0.39, 0.29) is 0 Å². The molecule has 4 nitrogen and oxygen atoms in total. The van der Waals surface area contributed by atoms with Gasteiger partial charge in [0.25, 0.3) is 0 Å². The van der Waals surface area contributed by atoms with Crippen molar-refractivity contribution in [2.45, 2.75) is 13.8 Å². The van der Waals surface area contributed by atoms with Crippen molar-refractivity contribution in [3.8, 4) is 0 Å². The predicted octanol–water partition coefficient (Wildman–Crippen LogP) is 10.2. The SMILES string of the molecule is C=Cc1c(/C=C\C)oc(=C/C)/c1=C\C(=C)c1ccccc1NC1=C/C=C\C=C/C=C(N2C/C=c3/oc4ccccc4/c3=C/C(=C)c3ccccc32)\C=C\C=C\1. The Morgan fingerprint density at radius 2 is 1.60 bits per heavy atom. The van der Waals surface area contributed by atoms with Crippen LogP contribution in [0.4, 0.5) is 11.4 Å². The monoisotopic (exact) mass is 716 g/mol. The topological polar surface area (TPSA) is 41.6 Å². The highest BCUT2D eigenvalue weighted by Gasteiger charge is 2.17. The van der Waals surface area contributed by atoms with Crippen LogP contribution in [0.15, 0.2) is 180 Å². The van der Waals surface area contributed by atoms with Gasteiger partial charge in [0.1, 0.15) is 22.2 Å². The number of allylic oxidation sites excluding steroid dienone is 13. The Labute approximate surface area is 322 Å². The van der Waals surface area contributed by atoms with Gasteiger partial charge in [-0.3, -0.25) is 0 Å². The van der Waals surface area contributed by atoms with Gasteiger partial charge in [0.15, 0.2) is 0 Å². The molecular formula is C51H44N2O2. The number of anilines is 2. The molecule has 2 aromatic heterocycles. The number of fused-ring (bicyclic) bond motifs is 4. The first kappa shape index (κ1) is 36.3. The molecule has 0 saturated heterocycles. The zero-order valence-electron chi connectivity index (χ0n) is 31.3. The van der Waals surface area contributed by atoms with E-state index in [0.29, 0.717) is 6.54 Å². The van der Waals surface area contributed by atoms with Crippen LogP contribution in [0.25, 0.3) is 58.6 Å². The minimum Gasteiger partial charge on any atom is -0.456 e. The summed E-state index contributed by atoms with van der Waals surface area (Å²) in [4.78, 5) is 2.30. The number of nitrogens with one attached hydrogen (secondary N) is 1. The highest BCUT2D eigenvalue weighted by Crippen LogP contribution is 2.31. The van der Waals surface area contributed by atoms with E-state index in [1.54, 1.807) is 0 Å². The number of rotatable bonds is 7. The Bertz CT molecular complexity index is 2790. The van der Waals surface area contributed by atoms with Crippen LogP contribution >= 0.6 is 0 Å². The van der Waals surface area contributed by atoms with Gasteiger partial charge in [0.2, 0.25) is 0 Å². The molecule has 4 heteroatoms. The van der Waals surface area contributed by atoms with E-state index < -0.39 is 0 Å². The molecule has 1 aliphatic carbocycles. The molecule has 0 saturated carbocycles. The second kappa shape index (κ2) is 16.7. The number of hydrogen-bond donors (Lipinski definition) is 1. The molecule has 2 aliphatic rings. The largest absolute Gasteiger partial charge is 0.456 e. The smallest absolute Gasteiger partial charge is 0.135 e. The van der Waals surface area contributed by atoms with Gasteiger partial charge in [-0.2, -0.15) is 0 Å². The van der Waals surface area contributed by atoms with Crippen molar-refractivity contribution >= 4 is 69.9 Å². The summed E-state index contributed by atoms with van der Waals surface area (Å²) in [5.41, 5.74) is 11.2. The minimum atomic E-state index is 0.598. The van der Waals surface area contributed by atoms with Gasteiger partial charge in [0, 0.05) is 61.8 Å². The number of para-hydroxylation sites is 3. The van der Waals surface area contributed by atoms with Gasteiger partial charge in [-0.05, 0) is 97.9 Å². The fourth-order valence-corrected chi connectivity index (χ4v) is 6.89. The lowest BCUT2D eigenvalue weighted by molar-refractivity contribution is 0.521. The van der Waals surface area contributed by atoms with Crippen molar-refractivity contribution in [3.05, 3.63) is 214 Å². The molecule has 0 amide bonds. The van der Waals surface area contributed by atoms with Gasteiger partial charge in [-0.25, -0.2) is 0 Å². The Morgan fingerprint density at radius 1 is 0.836 bits per heavy atom. The highest BCUT2D eigenvalue weighted by atomic mass is 16.3. The van der Waals surface area contributed by atoms with E-state index in [9.17, 15) is 0 Å². The van der Waals surface area contributed by atoms with Crippen LogP contribution in [0.3, 0.4) is 0 Å². The predicted molar refractivity (Wildman–Crippen MR) is 236 cm³/mol. The third kappa shape index (κ3) is 7.85. The summed E-state index contributed by atoms with van der Waals surface area (Å²) < 4.78 is 12.5. The summed E-state index contributed by atoms with van der Waals surface area (Å²) in [6.07, 6.45) is 34.8. The third-order valence-electron chi connectivity index (χ3n) is 9.52. The molecule has 0 radical (unpaired) electrons. The Balaban J connectivity index is 1.20. The van der Waals surface area contributed by atoms with Gasteiger partial charge in [0.05, 0.1) is 0 Å². The number of benzene rings is 3. The fourth-order valence-electron chi connectivity index (χ4n) is 6.89. The second-order valence-corrected chi connectivity index (χ2v) is 13.1. The molecule has 0 unspecified atom stereocenters. The first-order valence-electron chi connectivity index (χ1n) is 18.5. The molecule has 0 spiro atoms. The van der Waals surface area contributed by atoms with Crippen molar-refractivity contribution in [2.24, 2.45) is 0 Å². The summed E-state index contributed by atoms with van der Waals surface area (Å²) in [5.74, 6) is 0.778. The maximum absolute atomic E-state index is 6.36. The van der Waals surface area contributed by atoms with E-state index in [2.05, 4.69) is 133 Å². The highest BCUT2D eigenvalue weighted by molar-refractivity contribution is 5.96. The number of hydrogen-bond acceptors (Lipinski definition) is 4. The minimum absolute atomic E-state index is 0.598. The number of nitrogens with zero attached hydrogens (tertiary/aromatic N) is 1. The second-order valence-electron chi connectivity index (χ2n) is 13.1. The molecule has 55 heavy (non-hydrogen) atoms. The Hall–Kier alpha value is -7.04. The summed E-state index contributed by atoms with van der Waals surface area (Å²) in [5, 5.41) is 6.74. The Kier molecular flexibility index (Phi) is 11.1. The standard InChI is InChI=1S/C51H44N2O2/c1-6-21-49-40(7-2)44(48(8-3)54-49)34-36(4)41-26-15-18-29-46(41)52-38-22-11-9-10-12-24-39(25-14-13-23-38)53-33-32-51-45(43-28-17-20-31-50(43)55-51)35-37(5)42-27-16-19-30-47(42)53/h6-32,34-35,52H,2,4-5,33H2,1,3H3/b10-9?,11-9-,12-10-,14-13?,21-6-,22-11?,23-13+,24-12?,25-14+,38-22+,38-23?,39-24+,39-25?,44-34-,45-35-,48-8+,51-32+. The van der Waals surface area contributed by atoms with Crippen molar-refractivity contribution in [1.29, 1.82) is 0 Å². The van der Waals surface area contributed by atoms with Crippen LogP contribution in [0.5, 0.6) is 0 Å². The molecule has 1 aliphatic heterocycles. The molecule has 1 N–H and O–H groups in total. The van der Waals surface area contributed by atoms with E-state index in [0.717, 1.165) is 88.6 Å². The van der Waals surface area contributed by atoms with Crippen LogP contribution < -0.4 is 31.5 Å². The van der Waals surface area contributed by atoms with Crippen molar-refractivity contribution < 1.29 is 8.83 Å². The van der Waals surface area contributed by atoms with E-state index >= 15 is 0 Å². The molecule has 5 aromatic rings. The maximum atomic E-state index is 6.36. The van der Waals surface area contributed by atoms with Gasteiger partial charge >= 0.3 is 0 Å². The molecule has 3 aromatic carbocycles. The van der Waals surface area contributed by atoms with Crippen LogP contribution in [0, 0.1) is 0 Å². The summed E-state index contributed by atoms with van der Waals surface area (Å²) >= 11 is 0. The molecule has 0 bridgehead atoms. The lowest BCUT2D eigenvalue weighted by atomic mass is 10.0. The average molecular weight is 717 g/mol. The van der Waals surface area contributed by atoms with E-state index in [1.807, 2.05) is 86.7 Å². The molecular weight excluding hydrogens is 673 g/mol. The first-order valence-corrected chi connectivity index (χ1v) is 18.5. The molecule has 0 atom stereocenters. The van der Waals surface area contributed by atoms with Crippen LogP contribution in [0.2, 0.25) is 0 Å². The van der Waals surface area contributed by atoms with Crippen molar-refractivity contribution in [1.82, 2.24) is 0 Å². The van der Waals surface area contributed by atoms with E-state index in [4.69, 9.17) is 8.83 Å². The Morgan fingerprint density at radius 3 is 2.44 bits per heavy atom. The maximum Gasteiger partial charge on any atom is 0.135 e. The van der Waals surface area contributed by atoms with Crippen LogP contribution in [0.1, 0.15) is 36.3 Å². The van der Waals surface area contributed by atoms with Gasteiger partial charge in [-0.15, -0.1) is 0 Å². The summed E-state index contributed by atoms with van der Waals surface area (Å²) in [7, 11) is 0. The zero-order chi connectivity index (χ0) is 38.1. The quantitative estimate of drug-likeness (QED) is 0.182. The van der Waals surface area contributed by atoms with Crippen LogP contribution in [-0.2, 0) is 0 Å². The van der Waals surface area contributed by atoms with Gasteiger partial charge in [-0.1, -0.05) is 123 Å². The fraction of sp³-hybridized carbons (Fsp3) is 0.0588. The van der Waals surface area contributed by atoms with E-state index in [1.165, 1.54) is 0 Å². The number of furan rings is 2. The lowest BCUT2D eigenvalue weighted by Gasteiger charge is -2.27. The first-order chi connectivity index (χ1) is 27.0. The normalized spacial score (nSPS) is 20.6. The molecule has 3 heterocycles. The summed E-state index contributed by atoms with van der Waals surface area (Å²) in [6, 6.07) is 24.8. The van der Waals surface area contributed by atoms with Crippen molar-refractivity contribution in [3.63, 3.8) is 0 Å². The van der Waals surface area contributed by atoms with Crippen molar-refractivity contribution in [2.75, 3.05) is 16.8 Å². The summed E-state index contributed by atoms with van der Waals surface area (Å²) in [6.45, 7) is 17.6. The third-order valence-corrected chi connectivity index (χ3v) is 9.52. The lowest BCUT2D eigenvalue weighted by Crippen LogP contribution is -2.26. The molecule has 270 valence electrons. The van der Waals surface area contributed by atoms with Crippen LogP contribution in [-0.4, -0.2) is 6.54 Å². The van der Waals surface area contributed by atoms with Gasteiger partial charge < -0.3 is 19.1 Å².